The van der Waals surface area contributed by atoms with Crippen molar-refractivity contribution in [3.05, 3.63) is 46.4 Å². The van der Waals surface area contributed by atoms with Crippen LogP contribution in [0.15, 0.2) is 35.3 Å². The number of hydrogen-bond acceptors (Lipinski definition) is 3. The Morgan fingerprint density at radius 1 is 1.32 bits per heavy atom. The average molecular weight is 300 g/mol. The smallest absolute Gasteiger partial charge is 0.255 e. The van der Waals surface area contributed by atoms with Gasteiger partial charge >= 0.3 is 0 Å². The summed E-state index contributed by atoms with van der Waals surface area (Å²) in [5.74, 6) is 0.545. The summed E-state index contributed by atoms with van der Waals surface area (Å²) in [6.07, 6.45) is 3.12. The zero-order valence-corrected chi connectivity index (χ0v) is 12.7. The molecule has 1 aliphatic rings. The number of aromatic nitrogens is 1. The number of hydrogen-bond donors (Lipinski definition) is 1. The van der Waals surface area contributed by atoms with E-state index in [4.69, 9.17) is 4.74 Å². The van der Waals surface area contributed by atoms with Gasteiger partial charge in [-0.15, -0.1) is 0 Å². The third kappa shape index (κ3) is 3.04. The number of H-pyrrole nitrogens is 1. The highest BCUT2D eigenvalue weighted by Crippen LogP contribution is 2.23. The topological polar surface area (TPSA) is 62.4 Å². The molecule has 2 aromatic rings. The van der Waals surface area contributed by atoms with E-state index in [0.29, 0.717) is 30.9 Å². The van der Waals surface area contributed by atoms with Crippen LogP contribution in [-0.4, -0.2) is 42.6 Å². The fourth-order valence-corrected chi connectivity index (χ4v) is 3.11. The molecule has 1 aromatic carbocycles. The van der Waals surface area contributed by atoms with E-state index in [1.807, 2.05) is 29.2 Å². The maximum absolute atomic E-state index is 12.0. The molecular formula is C17H20N2O3. The van der Waals surface area contributed by atoms with E-state index in [1.165, 1.54) is 5.56 Å². The van der Waals surface area contributed by atoms with Gasteiger partial charge in [0.05, 0.1) is 6.61 Å². The molecule has 5 nitrogen and oxygen atoms in total. The zero-order valence-electron chi connectivity index (χ0n) is 12.7. The minimum absolute atomic E-state index is 0.0640. The molecule has 22 heavy (non-hydrogen) atoms. The van der Waals surface area contributed by atoms with Crippen LogP contribution in [0.1, 0.15) is 12.0 Å². The molecule has 1 amide bonds. The largest absolute Gasteiger partial charge is 0.383 e. The number of nitrogens with zero attached hydrogens (tertiary/aromatic N) is 1. The molecule has 1 aliphatic heterocycles. The second kappa shape index (κ2) is 6.32. The second-order valence-corrected chi connectivity index (χ2v) is 5.84. The monoisotopic (exact) mass is 300 g/mol. The van der Waals surface area contributed by atoms with Crippen molar-refractivity contribution in [3.63, 3.8) is 0 Å². The predicted molar refractivity (Wildman–Crippen MR) is 84.8 cm³/mol. The van der Waals surface area contributed by atoms with Crippen molar-refractivity contribution in [2.45, 2.75) is 12.8 Å². The molecule has 116 valence electrons. The Balaban J connectivity index is 1.71. The first kappa shape index (κ1) is 14.8. The van der Waals surface area contributed by atoms with Crippen LogP contribution in [-0.2, 0) is 16.0 Å². The van der Waals surface area contributed by atoms with Crippen molar-refractivity contribution < 1.29 is 9.53 Å². The summed E-state index contributed by atoms with van der Waals surface area (Å²) in [6, 6.07) is 7.81. The molecule has 1 fully saturated rings. The average Bonchev–Trinajstić information content (AvgIpc) is 2.85. The molecule has 0 unspecified atom stereocenters. The number of amides is 1. The van der Waals surface area contributed by atoms with Crippen LogP contribution in [0, 0.1) is 5.92 Å². The fourth-order valence-electron chi connectivity index (χ4n) is 3.11. The predicted octanol–water partition coefficient (Wildman–Crippen LogP) is 1.57. The lowest BCUT2D eigenvalue weighted by molar-refractivity contribution is -0.128. The van der Waals surface area contributed by atoms with Crippen LogP contribution in [0.2, 0.25) is 0 Å². The number of benzene rings is 1. The molecule has 1 atom stereocenters. The minimum Gasteiger partial charge on any atom is -0.383 e. The quantitative estimate of drug-likeness (QED) is 0.911. The van der Waals surface area contributed by atoms with E-state index < -0.39 is 0 Å². The standard InChI is InChI=1S/C17H20N2O3/c1-22-7-6-19-11-13(10-16(19)20)8-12-2-3-15-14(9-12)4-5-18-17(15)21/h2-5,9,13H,6-8,10-11H2,1H3,(H,18,21)/t13-/m1/s1. The van der Waals surface area contributed by atoms with Crippen LogP contribution in [0.3, 0.4) is 0 Å². The fraction of sp³-hybridized carbons (Fsp3) is 0.412. The molecule has 1 aromatic heterocycles. The van der Waals surface area contributed by atoms with Crippen molar-refractivity contribution >= 4 is 16.7 Å². The van der Waals surface area contributed by atoms with E-state index in [9.17, 15) is 9.59 Å². The van der Waals surface area contributed by atoms with Crippen LogP contribution in [0.25, 0.3) is 10.8 Å². The van der Waals surface area contributed by atoms with Gasteiger partial charge in [0.25, 0.3) is 5.56 Å². The highest BCUT2D eigenvalue weighted by molar-refractivity contribution is 5.82. The van der Waals surface area contributed by atoms with Crippen molar-refractivity contribution in [3.8, 4) is 0 Å². The van der Waals surface area contributed by atoms with Crippen LogP contribution in [0.4, 0.5) is 0 Å². The summed E-state index contributed by atoms with van der Waals surface area (Å²) < 4.78 is 5.04. The molecular weight excluding hydrogens is 280 g/mol. The Bertz CT molecular complexity index is 738. The Hall–Kier alpha value is -2.14. The van der Waals surface area contributed by atoms with E-state index in [-0.39, 0.29) is 11.5 Å². The molecule has 0 bridgehead atoms. The number of methoxy groups -OCH3 is 1. The lowest BCUT2D eigenvalue weighted by atomic mass is 9.97. The number of carbonyl (C=O) groups is 1. The number of ether oxygens (including phenoxy) is 1. The SMILES string of the molecule is COCCN1C[C@H](Cc2ccc3c(=O)[nH]ccc3c2)CC1=O. The third-order valence-corrected chi connectivity index (χ3v) is 4.22. The summed E-state index contributed by atoms with van der Waals surface area (Å²) in [5, 5.41) is 1.65. The first-order valence-electron chi connectivity index (χ1n) is 7.54. The molecule has 2 heterocycles. The number of carbonyl (C=O) groups excluding carboxylic acids is 1. The van der Waals surface area contributed by atoms with Gasteiger partial charge in [-0.2, -0.15) is 0 Å². The van der Waals surface area contributed by atoms with Gasteiger partial charge in [0.15, 0.2) is 0 Å². The van der Waals surface area contributed by atoms with Crippen molar-refractivity contribution in [1.29, 1.82) is 0 Å². The first-order valence-corrected chi connectivity index (χ1v) is 7.54. The first-order chi connectivity index (χ1) is 10.7. The highest BCUT2D eigenvalue weighted by Gasteiger charge is 2.29. The van der Waals surface area contributed by atoms with Crippen molar-refractivity contribution in [2.75, 3.05) is 26.8 Å². The van der Waals surface area contributed by atoms with Crippen LogP contribution >= 0.6 is 0 Å². The van der Waals surface area contributed by atoms with Crippen molar-refractivity contribution in [1.82, 2.24) is 9.88 Å². The van der Waals surface area contributed by atoms with Gasteiger partial charge in [0.1, 0.15) is 0 Å². The van der Waals surface area contributed by atoms with Gasteiger partial charge < -0.3 is 14.6 Å². The van der Waals surface area contributed by atoms with Gasteiger partial charge in [-0.1, -0.05) is 12.1 Å². The second-order valence-electron chi connectivity index (χ2n) is 5.84. The number of fused-ring (bicyclic) bond motifs is 1. The van der Waals surface area contributed by atoms with E-state index >= 15 is 0 Å². The molecule has 1 N–H and O–H groups in total. The Kier molecular flexibility index (Phi) is 4.24. The lowest BCUT2D eigenvalue weighted by Crippen LogP contribution is -2.28. The molecule has 3 rings (SSSR count). The number of rotatable bonds is 5. The summed E-state index contributed by atoms with van der Waals surface area (Å²) in [6.45, 7) is 2.03. The zero-order chi connectivity index (χ0) is 15.5. The van der Waals surface area contributed by atoms with Gasteiger partial charge in [-0.3, -0.25) is 9.59 Å². The number of aromatic amines is 1. The summed E-state index contributed by atoms with van der Waals surface area (Å²) in [4.78, 5) is 28.2. The number of likely N-dealkylation sites (tertiary alicyclic amines) is 1. The van der Waals surface area contributed by atoms with Gasteiger partial charge in [0, 0.05) is 38.2 Å². The molecule has 5 heteroatoms. The molecule has 0 spiro atoms. The minimum atomic E-state index is -0.0640. The van der Waals surface area contributed by atoms with Crippen molar-refractivity contribution in [2.24, 2.45) is 5.92 Å². The van der Waals surface area contributed by atoms with Crippen LogP contribution in [0.5, 0.6) is 0 Å². The van der Waals surface area contributed by atoms with Crippen LogP contribution < -0.4 is 5.56 Å². The normalized spacial score (nSPS) is 18.3. The lowest BCUT2D eigenvalue weighted by Gasteiger charge is -2.16. The highest BCUT2D eigenvalue weighted by atomic mass is 16.5. The Morgan fingerprint density at radius 3 is 3.00 bits per heavy atom. The maximum Gasteiger partial charge on any atom is 0.255 e. The Morgan fingerprint density at radius 2 is 2.18 bits per heavy atom. The number of pyridine rings is 1. The third-order valence-electron chi connectivity index (χ3n) is 4.22. The van der Waals surface area contributed by atoms with Gasteiger partial charge in [-0.05, 0) is 35.4 Å². The summed E-state index contributed by atoms with van der Waals surface area (Å²) in [5.41, 5.74) is 1.11. The molecule has 0 radical (unpaired) electrons. The maximum atomic E-state index is 12.0. The van der Waals surface area contributed by atoms with Gasteiger partial charge in [0.2, 0.25) is 5.91 Å². The molecule has 0 aliphatic carbocycles. The van der Waals surface area contributed by atoms with E-state index in [1.54, 1.807) is 13.3 Å². The molecule has 0 saturated carbocycles. The summed E-state index contributed by atoms with van der Waals surface area (Å²) in [7, 11) is 1.65. The van der Waals surface area contributed by atoms with E-state index in [2.05, 4.69) is 4.98 Å². The van der Waals surface area contributed by atoms with Gasteiger partial charge in [-0.25, -0.2) is 0 Å². The molecule has 1 saturated heterocycles. The Labute approximate surface area is 128 Å². The summed E-state index contributed by atoms with van der Waals surface area (Å²) >= 11 is 0. The number of nitrogens with one attached hydrogen (secondary N) is 1. The van der Waals surface area contributed by atoms with E-state index in [0.717, 1.165) is 18.4 Å².